The van der Waals surface area contributed by atoms with E-state index in [0.717, 1.165) is 36.7 Å². The molecule has 7 nitrogen and oxygen atoms in total. The first-order valence-corrected chi connectivity index (χ1v) is 12.5. The van der Waals surface area contributed by atoms with Gasteiger partial charge in [0.2, 0.25) is 5.91 Å². The lowest BCUT2D eigenvalue weighted by Gasteiger charge is -2.47. The van der Waals surface area contributed by atoms with Gasteiger partial charge in [0.15, 0.2) is 0 Å². The third-order valence-electron chi connectivity index (χ3n) is 8.38. The molecule has 4 fully saturated rings. The summed E-state index contributed by atoms with van der Waals surface area (Å²) >= 11 is 0. The van der Waals surface area contributed by atoms with Gasteiger partial charge < -0.3 is 19.7 Å². The highest BCUT2D eigenvalue weighted by atomic mass is 16.5. The van der Waals surface area contributed by atoms with Crippen molar-refractivity contribution < 1.29 is 19.1 Å². The average Bonchev–Trinajstić information content (AvgIpc) is 3.45. The second kappa shape index (κ2) is 8.13. The van der Waals surface area contributed by atoms with Gasteiger partial charge in [-0.25, -0.2) is 0 Å². The van der Waals surface area contributed by atoms with Crippen molar-refractivity contribution in [1.29, 1.82) is 0 Å². The molecule has 33 heavy (non-hydrogen) atoms. The highest BCUT2D eigenvalue weighted by Crippen LogP contribution is 2.49. The highest BCUT2D eigenvalue weighted by molar-refractivity contribution is 6.01. The number of fused-ring (bicyclic) bond motifs is 3. The number of amides is 2. The largest absolute Gasteiger partial charge is 0.488 e. The molecule has 2 amide bonds. The van der Waals surface area contributed by atoms with E-state index in [1.54, 1.807) is 4.90 Å². The Balaban J connectivity index is 1.16. The topological polar surface area (TPSA) is 71.1 Å². The molecule has 2 aliphatic carbocycles. The van der Waals surface area contributed by atoms with Crippen molar-refractivity contribution >= 4 is 11.8 Å². The zero-order chi connectivity index (χ0) is 22.7. The summed E-state index contributed by atoms with van der Waals surface area (Å²) in [4.78, 5) is 29.7. The number of likely N-dealkylation sites (tertiary alicyclic amines) is 1. The second-order valence-electron chi connectivity index (χ2n) is 10.3. The molecule has 6 rings (SSSR count). The number of benzene rings is 1. The van der Waals surface area contributed by atoms with E-state index in [1.807, 2.05) is 18.2 Å². The third kappa shape index (κ3) is 3.56. The fourth-order valence-corrected chi connectivity index (χ4v) is 6.80. The van der Waals surface area contributed by atoms with Crippen LogP contribution in [0.25, 0.3) is 0 Å². The number of nitrogens with one attached hydrogen (secondary N) is 1. The lowest BCUT2D eigenvalue weighted by atomic mass is 9.89. The van der Waals surface area contributed by atoms with E-state index in [-0.39, 0.29) is 17.9 Å². The van der Waals surface area contributed by atoms with E-state index in [9.17, 15) is 9.59 Å². The van der Waals surface area contributed by atoms with Crippen LogP contribution in [-0.2, 0) is 16.1 Å². The number of ether oxygens (including phenoxy) is 2. The predicted octanol–water partition coefficient (Wildman–Crippen LogP) is 2.70. The Hall–Kier alpha value is -2.38. The van der Waals surface area contributed by atoms with Crippen LogP contribution in [0.1, 0.15) is 54.9 Å². The lowest BCUT2D eigenvalue weighted by molar-refractivity contribution is -0.126. The third-order valence-corrected chi connectivity index (χ3v) is 8.38. The number of hydrogen-bond donors (Lipinski definition) is 1. The maximum atomic E-state index is 13.0. The zero-order valence-corrected chi connectivity index (χ0v) is 19.3. The number of hydrogen-bond acceptors (Lipinski definition) is 5. The molecule has 0 spiro atoms. The lowest BCUT2D eigenvalue weighted by Crippen LogP contribution is -2.61. The van der Waals surface area contributed by atoms with Gasteiger partial charge in [-0.2, -0.15) is 0 Å². The fraction of sp³-hybridized carbons (Fsp3) is 0.615. The fourth-order valence-electron chi connectivity index (χ4n) is 6.80. The Kier molecular flexibility index (Phi) is 5.22. The molecule has 3 heterocycles. The molecular weight excluding hydrogens is 418 g/mol. The second-order valence-corrected chi connectivity index (χ2v) is 10.3. The maximum absolute atomic E-state index is 13.0. The van der Waals surface area contributed by atoms with Gasteiger partial charge in [0.1, 0.15) is 17.9 Å². The molecule has 1 aromatic carbocycles. The minimum absolute atomic E-state index is 0.0652. The molecule has 5 atom stereocenters. The number of carbonyl (C=O) groups excluding carboxylic acids is 2. The van der Waals surface area contributed by atoms with Gasteiger partial charge in [-0.3, -0.25) is 14.5 Å². The van der Waals surface area contributed by atoms with Crippen molar-refractivity contribution in [2.75, 3.05) is 19.7 Å². The monoisotopic (exact) mass is 451 g/mol. The maximum Gasteiger partial charge on any atom is 0.255 e. The van der Waals surface area contributed by atoms with E-state index in [4.69, 9.17) is 9.47 Å². The average molecular weight is 452 g/mol. The smallest absolute Gasteiger partial charge is 0.255 e. The van der Waals surface area contributed by atoms with E-state index in [0.29, 0.717) is 48.9 Å². The van der Waals surface area contributed by atoms with Gasteiger partial charge in [-0.1, -0.05) is 6.58 Å². The van der Waals surface area contributed by atoms with Crippen LogP contribution in [-0.4, -0.2) is 65.6 Å². The van der Waals surface area contributed by atoms with Crippen molar-refractivity contribution in [1.82, 2.24) is 15.1 Å². The summed E-state index contributed by atoms with van der Waals surface area (Å²) < 4.78 is 12.4. The van der Waals surface area contributed by atoms with Crippen molar-refractivity contribution in [3.05, 3.63) is 41.6 Å². The van der Waals surface area contributed by atoms with E-state index >= 15 is 0 Å². The van der Waals surface area contributed by atoms with Crippen LogP contribution in [0.3, 0.4) is 0 Å². The molecule has 2 saturated heterocycles. The molecule has 3 aliphatic heterocycles. The number of nitrogens with zero attached hydrogens (tertiary/aromatic N) is 2. The molecule has 2 saturated carbocycles. The molecule has 1 aromatic rings. The van der Waals surface area contributed by atoms with Gasteiger partial charge in [0.05, 0.1) is 6.10 Å². The van der Waals surface area contributed by atoms with Crippen LogP contribution < -0.4 is 10.1 Å². The Morgan fingerprint density at radius 2 is 1.97 bits per heavy atom. The van der Waals surface area contributed by atoms with Gasteiger partial charge in [0, 0.05) is 43.5 Å². The van der Waals surface area contributed by atoms with Crippen LogP contribution in [0.15, 0.2) is 30.5 Å². The first-order chi connectivity index (χ1) is 16.0. The Morgan fingerprint density at radius 3 is 2.76 bits per heavy atom. The SMILES string of the molecule is C=C1CCC(N2Cc3cc(O[C@@H]4[C@H]5CC[C@H](C5)[C@@H]4N4CC(OCC)C4)ccc3C2=O)C(=O)N1. The first-order valence-electron chi connectivity index (χ1n) is 12.5. The summed E-state index contributed by atoms with van der Waals surface area (Å²) in [6, 6.07) is 5.87. The summed E-state index contributed by atoms with van der Waals surface area (Å²) in [6.07, 6.45) is 5.69. The molecule has 7 heteroatoms. The van der Waals surface area contributed by atoms with Crippen molar-refractivity contribution in [3.63, 3.8) is 0 Å². The van der Waals surface area contributed by atoms with Crippen molar-refractivity contribution in [2.24, 2.45) is 11.8 Å². The summed E-state index contributed by atoms with van der Waals surface area (Å²) in [5, 5.41) is 2.80. The molecule has 5 aliphatic rings. The number of rotatable bonds is 6. The Morgan fingerprint density at radius 1 is 1.15 bits per heavy atom. The molecule has 1 N–H and O–H groups in total. The predicted molar refractivity (Wildman–Crippen MR) is 123 cm³/mol. The van der Waals surface area contributed by atoms with Crippen LogP contribution in [0.5, 0.6) is 5.75 Å². The molecular formula is C26H33N3O4. The Bertz CT molecular complexity index is 988. The van der Waals surface area contributed by atoms with Gasteiger partial charge in [-0.15, -0.1) is 0 Å². The highest BCUT2D eigenvalue weighted by Gasteiger charge is 2.53. The number of allylic oxidation sites excluding steroid dienone is 1. The minimum atomic E-state index is -0.431. The molecule has 1 unspecified atom stereocenters. The Labute approximate surface area is 195 Å². The number of carbonyl (C=O) groups is 2. The quantitative estimate of drug-likeness (QED) is 0.720. The number of piperidine rings is 1. The van der Waals surface area contributed by atoms with Crippen molar-refractivity contribution in [3.8, 4) is 5.75 Å². The van der Waals surface area contributed by atoms with Crippen LogP contribution in [0.2, 0.25) is 0 Å². The molecule has 176 valence electrons. The minimum Gasteiger partial charge on any atom is -0.488 e. The molecule has 2 bridgehead atoms. The van der Waals surface area contributed by atoms with Gasteiger partial charge >= 0.3 is 0 Å². The standard InChI is InChI=1S/C26H33N3O4/c1-3-32-20-13-28(14-20)23-16-5-6-17(10-16)24(23)33-19-7-8-21-18(11-19)12-29(26(21)31)22-9-4-15(2)27-25(22)30/h7-8,11,16-17,20,22-24H,2-6,9-10,12-14H2,1H3,(H,27,30)/t16-,17+,22?,23+,24-/m1/s1. The van der Waals surface area contributed by atoms with E-state index < -0.39 is 6.04 Å². The van der Waals surface area contributed by atoms with E-state index in [2.05, 4.69) is 23.7 Å². The van der Waals surface area contributed by atoms with E-state index in [1.165, 1.54) is 19.3 Å². The normalized spacial score (nSPS) is 33.9. The summed E-state index contributed by atoms with van der Waals surface area (Å²) in [6.45, 7) is 9.14. The van der Waals surface area contributed by atoms with Gasteiger partial charge in [0.25, 0.3) is 5.91 Å². The molecule has 0 radical (unpaired) electrons. The van der Waals surface area contributed by atoms with Gasteiger partial charge in [-0.05, 0) is 74.6 Å². The first kappa shape index (κ1) is 21.2. The van der Waals surface area contributed by atoms with Crippen LogP contribution in [0.4, 0.5) is 0 Å². The molecule has 0 aromatic heterocycles. The zero-order valence-electron chi connectivity index (χ0n) is 19.3. The summed E-state index contributed by atoms with van der Waals surface area (Å²) in [5.41, 5.74) is 2.37. The van der Waals surface area contributed by atoms with Crippen LogP contribution in [0, 0.1) is 11.8 Å². The van der Waals surface area contributed by atoms with Crippen molar-refractivity contribution in [2.45, 2.75) is 69.9 Å². The summed E-state index contributed by atoms with van der Waals surface area (Å²) in [5.74, 6) is 1.97. The summed E-state index contributed by atoms with van der Waals surface area (Å²) in [7, 11) is 0. The van der Waals surface area contributed by atoms with Crippen LogP contribution >= 0.6 is 0 Å².